The van der Waals surface area contributed by atoms with Crippen LogP contribution in [0, 0.1) is 11.8 Å². The van der Waals surface area contributed by atoms with Crippen LogP contribution < -0.4 is 0 Å². The molecule has 0 aliphatic heterocycles. The quantitative estimate of drug-likeness (QED) is 0.586. The van der Waals surface area contributed by atoms with Gasteiger partial charge in [0.25, 0.3) is 0 Å². The van der Waals surface area contributed by atoms with Gasteiger partial charge in [-0.1, -0.05) is 80.3 Å². The fourth-order valence-corrected chi connectivity index (χ4v) is 4.25. The zero-order chi connectivity index (χ0) is 15.5. The lowest BCUT2D eigenvalue weighted by molar-refractivity contribution is 0.512. The molecule has 2 aliphatic carbocycles. The van der Waals surface area contributed by atoms with Gasteiger partial charge in [-0.05, 0) is 54.2 Å². The Bertz CT molecular complexity index is 617. The van der Waals surface area contributed by atoms with Crippen LogP contribution in [-0.4, -0.2) is 0 Å². The summed E-state index contributed by atoms with van der Waals surface area (Å²) in [6.07, 6.45) is 11.0. The maximum atomic E-state index is 2.39. The van der Waals surface area contributed by atoms with E-state index in [0.717, 1.165) is 18.3 Å². The Balaban J connectivity index is 1.61. The number of rotatable bonds is 6. The molecule has 0 heterocycles. The molecule has 0 nitrogen and oxygen atoms in total. The lowest BCUT2D eigenvalue weighted by atomic mass is 9.81. The summed E-state index contributed by atoms with van der Waals surface area (Å²) in [5.41, 5.74) is 4.66. The lowest BCUT2D eigenvalue weighted by Gasteiger charge is -2.23. The molecule has 0 saturated heterocycles. The summed E-state index contributed by atoms with van der Waals surface area (Å²) >= 11 is 0. The van der Waals surface area contributed by atoms with E-state index in [4.69, 9.17) is 0 Å². The Morgan fingerprint density at radius 2 is 1.48 bits per heavy atom. The van der Waals surface area contributed by atoms with Crippen LogP contribution >= 0.6 is 0 Å². The van der Waals surface area contributed by atoms with Crippen LogP contribution in [0.2, 0.25) is 0 Å². The summed E-state index contributed by atoms with van der Waals surface area (Å²) in [5, 5.41) is 0. The van der Waals surface area contributed by atoms with Crippen molar-refractivity contribution in [2.45, 2.75) is 57.3 Å². The molecule has 4 rings (SSSR count). The van der Waals surface area contributed by atoms with Crippen LogP contribution in [0.5, 0.6) is 0 Å². The van der Waals surface area contributed by atoms with Crippen LogP contribution in [-0.2, 0) is 6.42 Å². The second-order valence-electron chi connectivity index (χ2n) is 7.48. The molecule has 2 aromatic rings. The largest absolute Gasteiger partial charge is 0.0622 e. The maximum absolute atomic E-state index is 2.39. The van der Waals surface area contributed by atoms with Gasteiger partial charge in [-0.3, -0.25) is 0 Å². The molecule has 23 heavy (non-hydrogen) atoms. The number of hydrogen-bond acceptors (Lipinski definition) is 0. The topological polar surface area (TPSA) is 0 Å². The van der Waals surface area contributed by atoms with Gasteiger partial charge in [-0.15, -0.1) is 0 Å². The van der Waals surface area contributed by atoms with E-state index >= 15 is 0 Å². The molecule has 0 aromatic heterocycles. The summed E-state index contributed by atoms with van der Waals surface area (Å²) in [5.74, 6) is 3.44. The summed E-state index contributed by atoms with van der Waals surface area (Å²) in [4.78, 5) is 0. The molecular formula is C23H27. The van der Waals surface area contributed by atoms with E-state index < -0.39 is 0 Å². The minimum atomic E-state index is 0.834. The van der Waals surface area contributed by atoms with Crippen molar-refractivity contribution in [3.63, 3.8) is 0 Å². The third-order valence-corrected chi connectivity index (χ3v) is 5.63. The summed E-state index contributed by atoms with van der Waals surface area (Å²) in [7, 11) is 0. The maximum Gasteiger partial charge on any atom is 0.00989 e. The van der Waals surface area contributed by atoms with Crippen molar-refractivity contribution in [1.82, 2.24) is 0 Å². The van der Waals surface area contributed by atoms with E-state index in [-0.39, 0.29) is 0 Å². The molecule has 119 valence electrons. The molecule has 2 aliphatic rings. The fourth-order valence-electron chi connectivity index (χ4n) is 4.25. The van der Waals surface area contributed by atoms with Crippen molar-refractivity contribution < 1.29 is 0 Å². The normalized spacial score (nSPS) is 18.7. The highest BCUT2D eigenvalue weighted by molar-refractivity contribution is 5.44. The van der Waals surface area contributed by atoms with Crippen LogP contribution in [0.4, 0.5) is 0 Å². The first kappa shape index (κ1) is 15.0. The fraction of sp³-hybridized carbons (Fsp3) is 0.435. The Hall–Kier alpha value is -1.56. The minimum Gasteiger partial charge on any atom is -0.0622 e. The van der Waals surface area contributed by atoms with E-state index in [1.165, 1.54) is 50.5 Å². The Morgan fingerprint density at radius 3 is 2.22 bits per heavy atom. The van der Waals surface area contributed by atoms with Gasteiger partial charge in [0.15, 0.2) is 0 Å². The Morgan fingerprint density at radius 1 is 0.783 bits per heavy atom. The first-order valence-corrected chi connectivity index (χ1v) is 9.38. The van der Waals surface area contributed by atoms with E-state index in [1.54, 1.807) is 17.0 Å². The second kappa shape index (κ2) is 6.91. The highest BCUT2D eigenvalue weighted by atomic mass is 14.3. The SMILES string of the molecule is c1ccc(C[C](CC2CCCC2)c2ccccc2C2CC2)cc1. The van der Waals surface area contributed by atoms with Gasteiger partial charge in [0.1, 0.15) is 0 Å². The van der Waals surface area contributed by atoms with Crippen molar-refractivity contribution in [2.75, 3.05) is 0 Å². The molecule has 0 N–H and O–H groups in total. The second-order valence-corrected chi connectivity index (χ2v) is 7.48. The molecule has 0 spiro atoms. The zero-order valence-corrected chi connectivity index (χ0v) is 14.0. The molecule has 1 radical (unpaired) electrons. The molecule has 2 aromatic carbocycles. The minimum absolute atomic E-state index is 0.834. The van der Waals surface area contributed by atoms with Crippen LogP contribution in [0.15, 0.2) is 54.6 Å². The molecule has 0 unspecified atom stereocenters. The average Bonchev–Trinajstić information content (AvgIpc) is 3.32. The molecule has 2 fully saturated rings. The van der Waals surface area contributed by atoms with Crippen molar-refractivity contribution in [2.24, 2.45) is 5.92 Å². The highest BCUT2D eigenvalue weighted by Crippen LogP contribution is 2.45. The van der Waals surface area contributed by atoms with E-state index in [1.807, 2.05) is 0 Å². The van der Waals surface area contributed by atoms with Crippen molar-refractivity contribution in [3.8, 4) is 0 Å². The van der Waals surface area contributed by atoms with Crippen LogP contribution in [0.1, 0.15) is 67.6 Å². The van der Waals surface area contributed by atoms with E-state index in [0.29, 0.717) is 0 Å². The molecule has 0 amide bonds. The number of hydrogen-bond donors (Lipinski definition) is 0. The molecule has 0 atom stereocenters. The predicted molar refractivity (Wildman–Crippen MR) is 97.5 cm³/mol. The van der Waals surface area contributed by atoms with Gasteiger partial charge in [0.2, 0.25) is 0 Å². The van der Waals surface area contributed by atoms with Crippen LogP contribution in [0.25, 0.3) is 0 Å². The van der Waals surface area contributed by atoms with E-state index in [9.17, 15) is 0 Å². The third-order valence-electron chi connectivity index (χ3n) is 5.63. The van der Waals surface area contributed by atoms with Gasteiger partial charge in [-0.2, -0.15) is 0 Å². The number of benzene rings is 2. The van der Waals surface area contributed by atoms with Gasteiger partial charge < -0.3 is 0 Å². The standard InChI is InChI=1S/C23H27/c1-2-8-18(9-3-1)16-21(17-19-10-4-5-11-19)23-13-7-6-12-22(23)20-14-15-20/h1-3,6-9,12-13,19-20H,4-5,10-11,14-17H2. The van der Waals surface area contributed by atoms with Crippen molar-refractivity contribution >= 4 is 0 Å². The van der Waals surface area contributed by atoms with Gasteiger partial charge in [-0.25, -0.2) is 0 Å². The summed E-state index contributed by atoms with van der Waals surface area (Å²) in [6, 6.07) is 20.3. The predicted octanol–water partition coefficient (Wildman–Crippen LogP) is 6.31. The van der Waals surface area contributed by atoms with Crippen LogP contribution in [0.3, 0.4) is 0 Å². The molecular weight excluding hydrogens is 276 g/mol. The first-order valence-electron chi connectivity index (χ1n) is 9.38. The Kier molecular flexibility index (Phi) is 4.50. The Labute approximate surface area is 140 Å². The van der Waals surface area contributed by atoms with Gasteiger partial charge >= 0.3 is 0 Å². The first-order chi connectivity index (χ1) is 11.4. The van der Waals surface area contributed by atoms with Gasteiger partial charge in [0, 0.05) is 5.92 Å². The highest BCUT2D eigenvalue weighted by Gasteiger charge is 2.30. The lowest BCUT2D eigenvalue weighted by Crippen LogP contribution is -2.11. The van der Waals surface area contributed by atoms with Crippen molar-refractivity contribution in [1.29, 1.82) is 0 Å². The molecule has 0 bridgehead atoms. The van der Waals surface area contributed by atoms with Crippen molar-refractivity contribution in [3.05, 3.63) is 77.2 Å². The molecule has 0 heteroatoms. The average molecular weight is 303 g/mol. The molecule has 2 saturated carbocycles. The smallest absolute Gasteiger partial charge is 0.00989 e. The zero-order valence-electron chi connectivity index (χ0n) is 14.0. The summed E-state index contributed by atoms with van der Waals surface area (Å²) in [6.45, 7) is 0. The summed E-state index contributed by atoms with van der Waals surface area (Å²) < 4.78 is 0. The van der Waals surface area contributed by atoms with Gasteiger partial charge in [0.05, 0.1) is 0 Å². The monoisotopic (exact) mass is 303 g/mol. The third kappa shape index (κ3) is 3.68. The van der Waals surface area contributed by atoms with E-state index in [2.05, 4.69) is 54.6 Å².